The number of aromatic nitrogens is 3. The van der Waals surface area contributed by atoms with Crippen LogP contribution in [0.4, 0.5) is 0 Å². The highest BCUT2D eigenvalue weighted by Crippen LogP contribution is 2.28. The van der Waals surface area contributed by atoms with E-state index in [0.717, 1.165) is 16.8 Å². The Bertz CT molecular complexity index is 603. The maximum Gasteiger partial charge on any atom is 0.359 e. The van der Waals surface area contributed by atoms with Crippen LogP contribution in [-0.2, 0) is 4.74 Å². The predicted octanol–water partition coefficient (Wildman–Crippen LogP) is 3.01. The molecule has 0 spiro atoms. The molecule has 2 aromatic heterocycles. The third kappa shape index (κ3) is 2.57. The number of hydrogen-bond donors (Lipinski definition) is 0. The number of esters is 1. The lowest BCUT2D eigenvalue weighted by atomic mass is 10.1. The molecule has 0 atom stereocenters. The van der Waals surface area contributed by atoms with Gasteiger partial charge in [-0.05, 0) is 39.8 Å². The van der Waals surface area contributed by atoms with E-state index in [-0.39, 0.29) is 12.0 Å². The van der Waals surface area contributed by atoms with E-state index >= 15 is 0 Å². The average molecular weight is 273 g/mol. The smallest absolute Gasteiger partial charge is 0.359 e. The van der Waals surface area contributed by atoms with E-state index in [4.69, 9.17) is 4.74 Å². The van der Waals surface area contributed by atoms with Crippen molar-refractivity contribution >= 4 is 5.97 Å². The van der Waals surface area contributed by atoms with Gasteiger partial charge in [-0.15, -0.1) is 0 Å². The van der Waals surface area contributed by atoms with Gasteiger partial charge in [0.05, 0.1) is 12.3 Å². The summed E-state index contributed by atoms with van der Waals surface area (Å²) in [5, 5.41) is 4.42. The van der Waals surface area contributed by atoms with Crippen molar-refractivity contribution in [3.05, 3.63) is 35.8 Å². The molecule has 0 aliphatic rings. The van der Waals surface area contributed by atoms with Crippen LogP contribution in [0.2, 0.25) is 0 Å². The Labute approximate surface area is 118 Å². The summed E-state index contributed by atoms with van der Waals surface area (Å²) in [6.45, 7) is 8.08. The molecule has 0 N–H and O–H groups in total. The Balaban J connectivity index is 2.58. The van der Waals surface area contributed by atoms with Crippen molar-refractivity contribution in [1.82, 2.24) is 14.8 Å². The molecule has 0 bridgehead atoms. The highest BCUT2D eigenvalue weighted by Gasteiger charge is 2.23. The van der Waals surface area contributed by atoms with Crippen LogP contribution in [0.25, 0.3) is 11.3 Å². The molecule has 106 valence electrons. The van der Waals surface area contributed by atoms with Gasteiger partial charge in [0.2, 0.25) is 0 Å². The predicted molar refractivity (Wildman–Crippen MR) is 76.5 cm³/mol. The summed E-state index contributed by atoms with van der Waals surface area (Å²) in [4.78, 5) is 16.1. The number of pyridine rings is 1. The third-order valence-corrected chi connectivity index (χ3v) is 3.04. The molecule has 0 saturated carbocycles. The van der Waals surface area contributed by atoms with Crippen molar-refractivity contribution in [3.8, 4) is 11.3 Å². The van der Waals surface area contributed by atoms with Crippen LogP contribution in [0.15, 0.2) is 24.5 Å². The van der Waals surface area contributed by atoms with Gasteiger partial charge in [0.15, 0.2) is 5.69 Å². The number of carbonyl (C=O) groups is 1. The molecule has 0 fully saturated rings. The molecule has 2 heterocycles. The first-order valence-corrected chi connectivity index (χ1v) is 6.72. The fourth-order valence-corrected chi connectivity index (χ4v) is 2.14. The minimum Gasteiger partial charge on any atom is -0.461 e. The van der Waals surface area contributed by atoms with Crippen molar-refractivity contribution in [2.75, 3.05) is 6.61 Å². The second-order valence-electron chi connectivity index (χ2n) is 4.82. The van der Waals surface area contributed by atoms with Crippen molar-refractivity contribution in [2.24, 2.45) is 0 Å². The lowest BCUT2D eigenvalue weighted by molar-refractivity contribution is 0.0517. The summed E-state index contributed by atoms with van der Waals surface area (Å²) in [5.41, 5.74) is 3.06. The van der Waals surface area contributed by atoms with Gasteiger partial charge in [-0.2, -0.15) is 5.10 Å². The van der Waals surface area contributed by atoms with Crippen LogP contribution >= 0.6 is 0 Å². The summed E-state index contributed by atoms with van der Waals surface area (Å²) in [7, 11) is 0. The molecule has 20 heavy (non-hydrogen) atoms. The monoisotopic (exact) mass is 273 g/mol. The molecule has 0 aromatic carbocycles. The second-order valence-corrected chi connectivity index (χ2v) is 4.82. The minimum absolute atomic E-state index is 0.145. The van der Waals surface area contributed by atoms with Gasteiger partial charge in [0.25, 0.3) is 0 Å². The van der Waals surface area contributed by atoms with E-state index in [2.05, 4.69) is 10.1 Å². The summed E-state index contributed by atoms with van der Waals surface area (Å²) in [5.74, 6) is -0.380. The van der Waals surface area contributed by atoms with Crippen molar-refractivity contribution in [2.45, 2.75) is 33.7 Å². The van der Waals surface area contributed by atoms with Gasteiger partial charge >= 0.3 is 5.97 Å². The Morgan fingerprint density at radius 2 is 2.20 bits per heavy atom. The summed E-state index contributed by atoms with van der Waals surface area (Å²) < 4.78 is 6.91. The third-order valence-electron chi connectivity index (χ3n) is 3.04. The lowest BCUT2D eigenvalue weighted by Crippen LogP contribution is -2.09. The van der Waals surface area contributed by atoms with E-state index in [9.17, 15) is 4.79 Å². The van der Waals surface area contributed by atoms with Crippen molar-refractivity contribution < 1.29 is 9.53 Å². The SMILES string of the molecule is CCOC(=O)c1nn(C(C)C)c(-c2cccnc2)c1C. The van der Waals surface area contributed by atoms with Crippen LogP contribution in [0.1, 0.15) is 42.9 Å². The summed E-state index contributed by atoms with van der Waals surface area (Å²) >= 11 is 0. The average Bonchev–Trinajstić information content (AvgIpc) is 2.78. The highest BCUT2D eigenvalue weighted by atomic mass is 16.5. The second kappa shape index (κ2) is 5.86. The number of rotatable bonds is 4. The quantitative estimate of drug-likeness (QED) is 0.803. The molecule has 2 aromatic rings. The minimum atomic E-state index is -0.380. The first kappa shape index (κ1) is 14.2. The highest BCUT2D eigenvalue weighted by molar-refractivity contribution is 5.91. The molecule has 0 aliphatic carbocycles. The molecule has 5 heteroatoms. The summed E-state index contributed by atoms with van der Waals surface area (Å²) in [6, 6.07) is 3.98. The van der Waals surface area contributed by atoms with Gasteiger partial charge in [-0.25, -0.2) is 4.79 Å². The van der Waals surface area contributed by atoms with Gasteiger partial charge in [-0.1, -0.05) is 0 Å². The Kier molecular flexibility index (Phi) is 4.17. The Morgan fingerprint density at radius 1 is 1.45 bits per heavy atom. The maximum absolute atomic E-state index is 12.0. The molecule has 5 nitrogen and oxygen atoms in total. The molecule has 0 aliphatic heterocycles. The van der Waals surface area contributed by atoms with Crippen LogP contribution < -0.4 is 0 Å². The first-order chi connectivity index (χ1) is 9.56. The zero-order chi connectivity index (χ0) is 14.7. The molecule has 0 saturated heterocycles. The van der Waals surface area contributed by atoms with E-state index in [0.29, 0.717) is 12.3 Å². The lowest BCUT2D eigenvalue weighted by Gasteiger charge is -2.11. The van der Waals surface area contributed by atoms with Gasteiger partial charge in [0, 0.05) is 29.6 Å². The van der Waals surface area contributed by atoms with Gasteiger partial charge in [-0.3, -0.25) is 9.67 Å². The van der Waals surface area contributed by atoms with Crippen LogP contribution in [-0.4, -0.2) is 27.3 Å². The topological polar surface area (TPSA) is 57.0 Å². The largest absolute Gasteiger partial charge is 0.461 e. The van der Waals surface area contributed by atoms with E-state index in [1.165, 1.54) is 0 Å². The zero-order valence-electron chi connectivity index (χ0n) is 12.3. The van der Waals surface area contributed by atoms with Crippen LogP contribution in [0.5, 0.6) is 0 Å². The normalized spacial score (nSPS) is 10.8. The van der Waals surface area contributed by atoms with E-state index in [1.54, 1.807) is 19.3 Å². The molecular formula is C15H19N3O2. The number of hydrogen-bond acceptors (Lipinski definition) is 4. The Hall–Kier alpha value is -2.17. The van der Waals surface area contributed by atoms with Crippen LogP contribution in [0, 0.1) is 6.92 Å². The standard InChI is InChI=1S/C15H19N3O2/c1-5-20-15(19)13-11(4)14(18(17-13)10(2)3)12-7-6-8-16-9-12/h6-10H,5H2,1-4H3. The Morgan fingerprint density at radius 3 is 2.75 bits per heavy atom. The molecular weight excluding hydrogens is 254 g/mol. The number of carbonyl (C=O) groups excluding carboxylic acids is 1. The van der Waals surface area contributed by atoms with E-state index < -0.39 is 0 Å². The first-order valence-electron chi connectivity index (χ1n) is 6.72. The molecule has 0 amide bonds. The van der Waals surface area contributed by atoms with Gasteiger partial charge in [0.1, 0.15) is 0 Å². The maximum atomic E-state index is 12.0. The fourth-order valence-electron chi connectivity index (χ4n) is 2.14. The molecule has 0 unspecified atom stereocenters. The molecule has 0 radical (unpaired) electrons. The van der Waals surface area contributed by atoms with Crippen LogP contribution in [0.3, 0.4) is 0 Å². The summed E-state index contributed by atoms with van der Waals surface area (Å²) in [6.07, 6.45) is 3.50. The molecule has 2 rings (SSSR count). The van der Waals surface area contributed by atoms with Gasteiger partial charge < -0.3 is 4.74 Å². The van der Waals surface area contributed by atoms with Crippen molar-refractivity contribution in [1.29, 1.82) is 0 Å². The number of ether oxygens (including phenoxy) is 1. The van der Waals surface area contributed by atoms with Crippen molar-refractivity contribution in [3.63, 3.8) is 0 Å². The fraction of sp³-hybridized carbons (Fsp3) is 0.400. The zero-order valence-corrected chi connectivity index (χ0v) is 12.3. The number of nitrogens with zero attached hydrogens (tertiary/aromatic N) is 3. The van der Waals surface area contributed by atoms with E-state index in [1.807, 2.05) is 37.6 Å².